The summed E-state index contributed by atoms with van der Waals surface area (Å²) in [5, 5.41) is 9.88. The zero-order chi connectivity index (χ0) is 27.9. The van der Waals surface area contributed by atoms with E-state index in [9.17, 15) is 4.39 Å². The number of nitrogens with zero attached hydrogens (tertiary/aromatic N) is 4. The highest BCUT2D eigenvalue weighted by Crippen LogP contribution is 2.41. The fourth-order valence-corrected chi connectivity index (χ4v) is 6.10. The first-order chi connectivity index (χ1) is 20.2. The lowest BCUT2D eigenvalue weighted by Gasteiger charge is -2.26. The van der Waals surface area contributed by atoms with Crippen molar-refractivity contribution in [3.05, 3.63) is 126 Å². The molecule has 6 rings (SSSR count). The van der Waals surface area contributed by atoms with Gasteiger partial charge in [-0.3, -0.25) is 9.47 Å². The number of rotatable bonds is 10. The lowest BCUT2D eigenvalue weighted by molar-refractivity contribution is 0.0322. The number of aromatic nitrogens is 3. The van der Waals surface area contributed by atoms with E-state index in [1.807, 2.05) is 71.3 Å². The smallest absolute Gasteiger partial charge is 0.197 e. The molecule has 1 fully saturated rings. The van der Waals surface area contributed by atoms with Gasteiger partial charge in [0.15, 0.2) is 11.0 Å². The number of thioether (sulfide) groups is 1. The van der Waals surface area contributed by atoms with Crippen LogP contribution in [0.1, 0.15) is 16.4 Å². The van der Waals surface area contributed by atoms with Crippen molar-refractivity contribution in [1.29, 1.82) is 0 Å². The Morgan fingerprint density at radius 1 is 0.805 bits per heavy atom. The summed E-state index contributed by atoms with van der Waals surface area (Å²) in [5.41, 5.74) is 3.82. The Labute approximate surface area is 243 Å². The highest BCUT2D eigenvalue weighted by molar-refractivity contribution is 7.99. The molecule has 0 N–H and O–H groups in total. The maximum atomic E-state index is 14.3. The lowest BCUT2D eigenvalue weighted by atomic mass is 10.0. The van der Waals surface area contributed by atoms with Gasteiger partial charge in [0, 0.05) is 31.3 Å². The molecule has 1 aromatic heterocycles. The molecule has 1 aliphatic rings. The number of halogens is 1. The molecule has 0 aliphatic carbocycles. The zero-order valence-electron chi connectivity index (χ0n) is 22.6. The molecule has 0 saturated carbocycles. The monoisotopic (exact) mass is 566 g/mol. The molecule has 41 heavy (non-hydrogen) atoms. The van der Waals surface area contributed by atoms with Crippen molar-refractivity contribution in [3.63, 3.8) is 0 Å². The van der Waals surface area contributed by atoms with Gasteiger partial charge >= 0.3 is 0 Å². The van der Waals surface area contributed by atoms with E-state index in [2.05, 4.69) is 39.4 Å². The van der Waals surface area contributed by atoms with Gasteiger partial charge in [0.2, 0.25) is 0 Å². The Balaban J connectivity index is 1.35. The molecular weight excluding hydrogens is 535 g/mol. The van der Waals surface area contributed by atoms with Crippen LogP contribution in [-0.4, -0.2) is 59.1 Å². The van der Waals surface area contributed by atoms with Gasteiger partial charge in [0.25, 0.3) is 0 Å². The van der Waals surface area contributed by atoms with Crippen molar-refractivity contribution in [2.24, 2.45) is 0 Å². The van der Waals surface area contributed by atoms with Crippen LogP contribution < -0.4 is 4.74 Å². The summed E-state index contributed by atoms with van der Waals surface area (Å²) >= 11 is 1.61. The Hall–Kier alpha value is -3.98. The Morgan fingerprint density at radius 3 is 2.22 bits per heavy atom. The van der Waals surface area contributed by atoms with Crippen LogP contribution in [0.2, 0.25) is 0 Å². The minimum Gasteiger partial charge on any atom is -0.492 e. The van der Waals surface area contributed by atoms with Crippen molar-refractivity contribution in [2.45, 2.75) is 10.4 Å². The van der Waals surface area contributed by atoms with E-state index in [-0.39, 0.29) is 11.1 Å². The van der Waals surface area contributed by atoms with Crippen LogP contribution in [0.5, 0.6) is 5.75 Å². The molecule has 4 aromatic carbocycles. The second kappa shape index (κ2) is 13.1. The molecular formula is C33H31FN4O2S. The van der Waals surface area contributed by atoms with Crippen LogP contribution in [0.15, 0.2) is 114 Å². The number of hydrogen-bond acceptors (Lipinski definition) is 6. The molecule has 0 spiro atoms. The van der Waals surface area contributed by atoms with Gasteiger partial charge in [0.05, 0.1) is 24.2 Å². The van der Waals surface area contributed by atoms with Gasteiger partial charge in [-0.1, -0.05) is 90.6 Å². The van der Waals surface area contributed by atoms with E-state index in [1.54, 1.807) is 17.8 Å². The number of morpholine rings is 1. The second-order valence-corrected chi connectivity index (χ2v) is 10.8. The van der Waals surface area contributed by atoms with Gasteiger partial charge in [-0.2, -0.15) is 0 Å². The van der Waals surface area contributed by atoms with E-state index >= 15 is 0 Å². The first-order valence-electron chi connectivity index (χ1n) is 13.8. The highest BCUT2D eigenvalue weighted by Gasteiger charge is 2.23. The highest BCUT2D eigenvalue weighted by atomic mass is 32.2. The molecule has 0 radical (unpaired) electrons. The van der Waals surface area contributed by atoms with Crippen LogP contribution in [0.3, 0.4) is 0 Å². The molecule has 6 nitrogen and oxygen atoms in total. The molecule has 2 heterocycles. The van der Waals surface area contributed by atoms with Crippen LogP contribution in [0, 0.1) is 5.82 Å². The normalized spacial score (nSPS) is 13.9. The molecule has 0 atom stereocenters. The third kappa shape index (κ3) is 6.68. The number of benzene rings is 4. The zero-order valence-corrected chi connectivity index (χ0v) is 23.4. The summed E-state index contributed by atoms with van der Waals surface area (Å²) in [6, 6.07) is 35.1. The summed E-state index contributed by atoms with van der Waals surface area (Å²) in [7, 11) is 0. The third-order valence-electron chi connectivity index (χ3n) is 7.00. The molecule has 5 aromatic rings. The Morgan fingerprint density at radius 2 is 1.51 bits per heavy atom. The fourth-order valence-electron chi connectivity index (χ4n) is 4.91. The topological polar surface area (TPSA) is 52.4 Å². The Bertz CT molecular complexity index is 1520. The summed E-state index contributed by atoms with van der Waals surface area (Å²) in [6.07, 6.45) is 0. The number of ether oxygens (including phenoxy) is 2. The van der Waals surface area contributed by atoms with Crippen LogP contribution in [0.25, 0.3) is 17.1 Å². The third-order valence-corrected chi connectivity index (χ3v) is 8.25. The molecule has 208 valence electrons. The first kappa shape index (κ1) is 27.2. The van der Waals surface area contributed by atoms with Gasteiger partial charge < -0.3 is 9.47 Å². The van der Waals surface area contributed by atoms with Crippen LogP contribution >= 0.6 is 11.8 Å². The average molecular weight is 567 g/mol. The number of hydrogen-bond donors (Lipinski definition) is 0. The SMILES string of the molecule is Fc1cccc(-c2nnc(SC(c3ccccc3)c3ccccc3)n2-c2cccc(OCCN3CCOCC3)c2)c1. The van der Waals surface area contributed by atoms with Gasteiger partial charge in [-0.25, -0.2) is 4.39 Å². The van der Waals surface area contributed by atoms with Gasteiger partial charge in [-0.05, 0) is 35.4 Å². The summed E-state index contributed by atoms with van der Waals surface area (Å²) in [4.78, 5) is 2.34. The van der Waals surface area contributed by atoms with Crippen molar-refractivity contribution >= 4 is 11.8 Å². The maximum Gasteiger partial charge on any atom is 0.197 e. The summed E-state index contributed by atoms with van der Waals surface area (Å²) < 4.78 is 27.9. The van der Waals surface area contributed by atoms with Gasteiger partial charge in [-0.15, -0.1) is 10.2 Å². The van der Waals surface area contributed by atoms with E-state index in [0.29, 0.717) is 23.2 Å². The van der Waals surface area contributed by atoms with Crippen molar-refractivity contribution in [1.82, 2.24) is 19.7 Å². The average Bonchev–Trinajstić information content (AvgIpc) is 3.45. The largest absolute Gasteiger partial charge is 0.492 e. The van der Waals surface area contributed by atoms with Crippen molar-refractivity contribution in [3.8, 4) is 22.8 Å². The predicted octanol–water partition coefficient (Wildman–Crippen LogP) is 6.67. The Kier molecular flexibility index (Phi) is 8.71. The quantitative estimate of drug-likeness (QED) is 0.176. The predicted molar refractivity (Wildman–Crippen MR) is 160 cm³/mol. The molecule has 0 bridgehead atoms. The molecule has 8 heteroatoms. The van der Waals surface area contributed by atoms with Crippen molar-refractivity contribution in [2.75, 3.05) is 39.5 Å². The second-order valence-electron chi connectivity index (χ2n) is 9.77. The summed E-state index contributed by atoms with van der Waals surface area (Å²) in [6.45, 7) is 4.79. The molecule has 0 unspecified atom stereocenters. The minimum absolute atomic E-state index is 0.0198. The summed E-state index contributed by atoms with van der Waals surface area (Å²) in [5.74, 6) is 1.00. The molecule has 1 saturated heterocycles. The van der Waals surface area contributed by atoms with Crippen LogP contribution in [-0.2, 0) is 4.74 Å². The fraction of sp³-hybridized carbons (Fsp3) is 0.212. The van der Waals surface area contributed by atoms with E-state index < -0.39 is 0 Å². The van der Waals surface area contributed by atoms with E-state index in [4.69, 9.17) is 9.47 Å². The first-order valence-corrected chi connectivity index (χ1v) is 14.6. The van der Waals surface area contributed by atoms with E-state index in [0.717, 1.165) is 55.4 Å². The van der Waals surface area contributed by atoms with E-state index in [1.165, 1.54) is 12.1 Å². The minimum atomic E-state index is -0.321. The van der Waals surface area contributed by atoms with Crippen molar-refractivity contribution < 1.29 is 13.9 Å². The standard InChI is InChI=1S/C33H31FN4O2S/c34-28-14-7-13-27(23-28)32-35-36-33(41-31(25-9-3-1-4-10-25)26-11-5-2-6-12-26)38(32)29-15-8-16-30(24-29)40-22-19-37-17-20-39-21-18-37/h1-16,23-24,31H,17-22H2. The van der Waals surface area contributed by atoms with Gasteiger partial charge in [0.1, 0.15) is 18.2 Å². The van der Waals surface area contributed by atoms with Crippen LogP contribution in [0.4, 0.5) is 4.39 Å². The lowest BCUT2D eigenvalue weighted by Crippen LogP contribution is -2.38. The maximum absolute atomic E-state index is 14.3. The molecule has 0 amide bonds. The molecule has 1 aliphatic heterocycles.